The summed E-state index contributed by atoms with van der Waals surface area (Å²) in [5.41, 5.74) is 1.30. The summed E-state index contributed by atoms with van der Waals surface area (Å²) in [6, 6.07) is 7.38. The summed E-state index contributed by atoms with van der Waals surface area (Å²) in [7, 11) is -3.72. The topological polar surface area (TPSA) is 107 Å². The summed E-state index contributed by atoms with van der Waals surface area (Å²) in [6.45, 7) is 1.67. The van der Waals surface area contributed by atoms with E-state index in [0.717, 1.165) is 5.69 Å². The van der Waals surface area contributed by atoms with Gasteiger partial charge in [-0.25, -0.2) is 13.9 Å². The number of sulfonamides is 1. The van der Waals surface area contributed by atoms with Gasteiger partial charge in [0, 0.05) is 49.7 Å². The van der Waals surface area contributed by atoms with E-state index in [2.05, 4.69) is 4.90 Å². The van der Waals surface area contributed by atoms with Gasteiger partial charge < -0.3 is 4.90 Å². The number of anilines is 1. The molecule has 0 radical (unpaired) electrons. The van der Waals surface area contributed by atoms with Crippen LogP contribution >= 0.6 is 11.6 Å². The zero-order chi connectivity index (χ0) is 20.4. The van der Waals surface area contributed by atoms with Crippen LogP contribution in [-0.4, -0.2) is 61.6 Å². The SMILES string of the molecule is O=C1CCC(CS(=O)(=O)N2CCN(c3ccc(Cl)cc3)CC2)(C(=O)NO)CC1. The maximum absolute atomic E-state index is 13.0. The summed E-state index contributed by atoms with van der Waals surface area (Å²) in [5.74, 6) is -1.13. The van der Waals surface area contributed by atoms with E-state index in [9.17, 15) is 18.0 Å². The van der Waals surface area contributed by atoms with Crippen LogP contribution in [0.1, 0.15) is 25.7 Å². The Bertz CT molecular complexity index is 825. The number of rotatable bonds is 5. The van der Waals surface area contributed by atoms with Crippen molar-refractivity contribution in [1.29, 1.82) is 0 Å². The zero-order valence-corrected chi connectivity index (χ0v) is 17.0. The van der Waals surface area contributed by atoms with Gasteiger partial charge in [-0.15, -0.1) is 0 Å². The average Bonchev–Trinajstić information content (AvgIpc) is 2.70. The lowest BCUT2D eigenvalue weighted by Gasteiger charge is -2.39. The first-order valence-corrected chi connectivity index (χ1v) is 11.2. The van der Waals surface area contributed by atoms with Crippen molar-refractivity contribution in [2.24, 2.45) is 5.41 Å². The lowest BCUT2D eigenvalue weighted by molar-refractivity contribution is -0.142. The minimum atomic E-state index is -3.72. The van der Waals surface area contributed by atoms with Crippen molar-refractivity contribution in [3.63, 3.8) is 0 Å². The first kappa shape index (κ1) is 21.0. The Kier molecular flexibility index (Phi) is 6.28. The smallest absolute Gasteiger partial charge is 0.250 e. The second-order valence-electron chi connectivity index (χ2n) is 7.38. The molecule has 1 aromatic carbocycles. The normalized spacial score (nSPS) is 20.8. The van der Waals surface area contributed by atoms with Gasteiger partial charge in [-0.2, -0.15) is 4.31 Å². The van der Waals surface area contributed by atoms with E-state index in [0.29, 0.717) is 31.2 Å². The molecule has 0 atom stereocenters. The van der Waals surface area contributed by atoms with E-state index in [-0.39, 0.29) is 31.5 Å². The maximum atomic E-state index is 13.0. The van der Waals surface area contributed by atoms with Gasteiger partial charge in [0.05, 0.1) is 11.2 Å². The molecule has 0 spiro atoms. The lowest BCUT2D eigenvalue weighted by atomic mass is 9.74. The number of carbonyl (C=O) groups is 2. The Morgan fingerprint density at radius 3 is 2.21 bits per heavy atom. The monoisotopic (exact) mass is 429 g/mol. The van der Waals surface area contributed by atoms with Crippen molar-refractivity contribution < 1.29 is 23.2 Å². The van der Waals surface area contributed by atoms with Crippen molar-refractivity contribution in [1.82, 2.24) is 9.79 Å². The van der Waals surface area contributed by atoms with Crippen LogP contribution in [0.4, 0.5) is 5.69 Å². The number of nitrogens with zero attached hydrogens (tertiary/aromatic N) is 2. The lowest BCUT2D eigenvalue weighted by Crippen LogP contribution is -2.53. The van der Waals surface area contributed by atoms with E-state index in [4.69, 9.17) is 16.8 Å². The molecule has 2 N–H and O–H groups in total. The van der Waals surface area contributed by atoms with Crippen molar-refractivity contribution in [2.45, 2.75) is 25.7 Å². The Labute approximate surface area is 169 Å². The second kappa shape index (κ2) is 8.36. The highest BCUT2D eigenvalue weighted by Crippen LogP contribution is 2.37. The van der Waals surface area contributed by atoms with Gasteiger partial charge in [0.2, 0.25) is 10.0 Å². The number of hydrogen-bond acceptors (Lipinski definition) is 6. The van der Waals surface area contributed by atoms with Crippen LogP contribution in [0, 0.1) is 5.41 Å². The Morgan fingerprint density at radius 2 is 1.68 bits per heavy atom. The summed E-state index contributed by atoms with van der Waals surface area (Å²) in [5, 5.41) is 9.74. The molecule has 1 saturated carbocycles. The van der Waals surface area contributed by atoms with E-state index in [1.807, 2.05) is 12.1 Å². The molecule has 8 nitrogen and oxygen atoms in total. The number of benzene rings is 1. The number of hydrogen-bond donors (Lipinski definition) is 2. The fraction of sp³-hybridized carbons (Fsp3) is 0.556. The Morgan fingerprint density at radius 1 is 1.11 bits per heavy atom. The third kappa shape index (κ3) is 4.48. The van der Waals surface area contributed by atoms with Crippen LogP contribution in [0.25, 0.3) is 0 Å². The molecule has 154 valence electrons. The number of nitrogens with one attached hydrogen (secondary N) is 1. The van der Waals surface area contributed by atoms with Gasteiger partial charge in [-0.1, -0.05) is 11.6 Å². The first-order chi connectivity index (χ1) is 13.3. The van der Waals surface area contributed by atoms with Gasteiger partial charge in [0.25, 0.3) is 5.91 Å². The Balaban J connectivity index is 1.68. The van der Waals surface area contributed by atoms with Crippen molar-refractivity contribution in [2.75, 3.05) is 36.8 Å². The summed E-state index contributed by atoms with van der Waals surface area (Å²) < 4.78 is 27.4. The molecule has 2 aliphatic rings. The predicted octanol–water partition coefficient (Wildman–Crippen LogP) is 1.43. The number of Topliss-reactive ketones (excluding diaryl/α,β-unsaturated/α-hetero) is 1. The maximum Gasteiger partial charge on any atom is 0.250 e. The minimum Gasteiger partial charge on any atom is -0.369 e. The number of hydroxylamine groups is 1. The Hall–Kier alpha value is -1.68. The number of ketones is 1. The third-order valence-electron chi connectivity index (χ3n) is 5.63. The fourth-order valence-corrected chi connectivity index (χ4v) is 6.03. The summed E-state index contributed by atoms with van der Waals surface area (Å²) in [4.78, 5) is 25.9. The highest BCUT2D eigenvalue weighted by Gasteiger charge is 2.46. The van der Waals surface area contributed by atoms with Crippen LogP contribution in [0.3, 0.4) is 0 Å². The first-order valence-electron chi connectivity index (χ1n) is 9.20. The van der Waals surface area contributed by atoms with Crippen LogP contribution in [0.5, 0.6) is 0 Å². The van der Waals surface area contributed by atoms with Crippen LogP contribution < -0.4 is 10.4 Å². The number of carbonyl (C=O) groups excluding carboxylic acids is 2. The standard InChI is InChI=1S/C18H24ClN3O5S/c19-14-1-3-15(4-2-14)21-9-11-22(12-10-21)28(26,27)13-18(17(24)20-25)7-5-16(23)6-8-18/h1-4,25H,5-13H2,(H,20,24). The molecule has 10 heteroatoms. The molecule has 0 bridgehead atoms. The van der Waals surface area contributed by atoms with Crippen LogP contribution in [-0.2, 0) is 19.6 Å². The molecule has 1 aromatic rings. The average molecular weight is 430 g/mol. The second-order valence-corrected chi connectivity index (χ2v) is 9.78. The van der Waals surface area contributed by atoms with Gasteiger partial charge in [-0.3, -0.25) is 14.8 Å². The van der Waals surface area contributed by atoms with Gasteiger partial charge in [-0.05, 0) is 37.1 Å². The zero-order valence-electron chi connectivity index (χ0n) is 15.4. The fourth-order valence-electron chi connectivity index (χ4n) is 3.88. The van der Waals surface area contributed by atoms with Gasteiger partial charge >= 0.3 is 0 Å². The molecule has 1 aliphatic heterocycles. The number of amides is 1. The molecule has 1 aliphatic carbocycles. The molecule has 0 aromatic heterocycles. The molecule has 3 rings (SSSR count). The van der Waals surface area contributed by atoms with E-state index in [1.165, 1.54) is 4.31 Å². The molecule has 1 amide bonds. The minimum absolute atomic E-state index is 0.00958. The van der Waals surface area contributed by atoms with E-state index in [1.54, 1.807) is 17.6 Å². The highest BCUT2D eigenvalue weighted by atomic mass is 35.5. The molecule has 28 heavy (non-hydrogen) atoms. The van der Waals surface area contributed by atoms with Crippen molar-refractivity contribution >= 4 is 39.0 Å². The number of halogens is 1. The molecule has 1 heterocycles. The molecule has 0 unspecified atom stereocenters. The molecular formula is C18H24ClN3O5S. The largest absolute Gasteiger partial charge is 0.369 e. The predicted molar refractivity (Wildman–Crippen MR) is 105 cm³/mol. The summed E-state index contributed by atoms with van der Waals surface area (Å²) >= 11 is 5.91. The molecular weight excluding hydrogens is 406 g/mol. The molecule has 2 fully saturated rings. The molecule has 1 saturated heterocycles. The van der Waals surface area contributed by atoms with Crippen LogP contribution in [0.15, 0.2) is 24.3 Å². The summed E-state index contributed by atoms with van der Waals surface area (Å²) in [6.07, 6.45) is 0.547. The van der Waals surface area contributed by atoms with Gasteiger partial charge in [0.15, 0.2) is 0 Å². The van der Waals surface area contributed by atoms with Gasteiger partial charge in [0.1, 0.15) is 5.78 Å². The number of piperazine rings is 1. The highest BCUT2D eigenvalue weighted by molar-refractivity contribution is 7.89. The van der Waals surface area contributed by atoms with E-state index < -0.39 is 27.1 Å². The van der Waals surface area contributed by atoms with Crippen LogP contribution in [0.2, 0.25) is 5.02 Å². The third-order valence-corrected chi connectivity index (χ3v) is 7.95. The quantitative estimate of drug-likeness (QED) is 0.541. The van der Waals surface area contributed by atoms with Crippen molar-refractivity contribution in [3.8, 4) is 0 Å². The van der Waals surface area contributed by atoms with Crippen molar-refractivity contribution in [3.05, 3.63) is 29.3 Å². The van der Waals surface area contributed by atoms with E-state index >= 15 is 0 Å².